The number of rotatable bonds is 4. The van der Waals surface area contributed by atoms with Crippen molar-refractivity contribution >= 4 is 11.8 Å². The van der Waals surface area contributed by atoms with E-state index in [1.165, 1.54) is 28.2 Å². The molecule has 2 rings (SSSR count). The molecule has 2 aromatic carbocycles. The molecule has 2 aromatic rings. The highest BCUT2D eigenvalue weighted by Gasteiger charge is 2.08. The van der Waals surface area contributed by atoms with Gasteiger partial charge in [-0.05, 0) is 43.2 Å². The predicted molar refractivity (Wildman–Crippen MR) is 80.0 cm³/mol. The zero-order valence-electron chi connectivity index (χ0n) is 11.2. The van der Waals surface area contributed by atoms with Gasteiger partial charge in [0.05, 0.1) is 0 Å². The first-order valence-electron chi connectivity index (χ1n) is 6.27. The van der Waals surface area contributed by atoms with Gasteiger partial charge in [-0.15, -0.1) is 11.8 Å². The fourth-order valence-electron chi connectivity index (χ4n) is 1.95. The number of halogens is 1. The molecule has 0 radical (unpaired) electrons. The third-order valence-corrected chi connectivity index (χ3v) is 4.34. The van der Waals surface area contributed by atoms with E-state index in [-0.39, 0.29) is 11.9 Å². The van der Waals surface area contributed by atoms with Gasteiger partial charge in [0.2, 0.25) is 0 Å². The van der Waals surface area contributed by atoms with Crippen molar-refractivity contribution in [1.29, 1.82) is 0 Å². The van der Waals surface area contributed by atoms with Crippen LogP contribution in [0.1, 0.15) is 22.7 Å². The Morgan fingerprint density at radius 2 is 1.79 bits per heavy atom. The van der Waals surface area contributed by atoms with E-state index in [4.69, 9.17) is 5.73 Å². The normalized spacial score (nSPS) is 12.4. The zero-order chi connectivity index (χ0) is 13.8. The van der Waals surface area contributed by atoms with Crippen molar-refractivity contribution in [2.45, 2.75) is 24.8 Å². The van der Waals surface area contributed by atoms with Gasteiger partial charge >= 0.3 is 0 Å². The Balaban J connectivity index is 2.00. The molecule has 0 aliphatic heterocycles. The standard InChI is InChI=1S/C16H18FNS/c1-11-3-8-16(12(2)9-11)19-10-15(18)13-4-6-14(17)7-5-13/h3-9,15H,10,18H2,1-2H3. The molecule has 0 saturated heterocycles. The highest BCUT2D eigenvalue weighted by molar-refractivity contribution is 7.99. The lowest BCUT2D eigenvalue weighted by molar-refractivity contribution is 0.626. The molecule has 0 bridgehead atoms. The van der Waals surface area contributed by atoms with Crippen LogP contribution in [-0.4, -0.2) is 5.75 Å². The average Bonchev–Trinajstić information content (AvgIpc) is 2.38. The molecule has 1 atom stereocenters. The minimum absolute atomic E-state index is 0.0775. The number of hydrogen-bond donors (Lipinski definition) is 1. The van der Waals surface area contributed by atoms with Gasteiger partial charge in [-0.3, -0.25) is 0 Å². The number of hydrogen-bond acceptors (Lipinski definition) is 2. The molecule has 100 valence electrons. The molecule has 0 aliphatic rings. The summed E-state index contributed by atoms with van der Waals surface area (Å²) in [6, 6.07) is 12.8. The first-order chi connectivity index (χ1) is 9.06. The first-order valence-corrected chi connectivity index (χ1v) is 7.26. The van der Waals surface area contributed by atoms with E-state index in [0.29, 0.717) is 0 Å². The van der Waals surface area contributed by atoms with Gasteiger partial charge in [-0.25, -0.2) is 4.39 Å². The van der Waals surface area contributed by atoms with E-state index < -0.39 is 0 Å². The van der Waals surface area contributed by atoms with E-state index in [9.17, 15) is 4.39 Å². The molecule has 3 heteroatoms. The molecule has 0 amide bonds. The molecular formula is C16H18FNS. The van der Waals surface area contributed by atoms with Crippen molar-refractivity contribution in [2.75, 3.05) is 5.75 Å². The summed E-state index contributed by atoms with van der Waals surface area (Å²) in [6.07, 6.45) is 0. The first kappa shape index (κ1) is 14.1. The summed E-state index contributed by atoms with van der Waals surface area (Å²) >= 11 is 1.74. The van der Waals surface area contributed by atoms with Crippen LogP contribution in [0.15, 0.2) is 47.4 Å². The zero-order valence-corrected chi connectivity index (χ0v) is 12.0. The third kappa shape index (κ3) is 3.82. The van der Waals surface area contributed by atoms with Crippen LogP contribution in [0.5, 0.6) is 0 Å². The second-order valence-corrected chi connectivity index (χ2v) is 5.80. The number of nitrogens with two attached hydrogens (primary N) is 1. The topological polar surface area (TPSA) is 26.0 Å². The lowest BCUT2D eigenvalue weighted by atomic mass is 10.1. The van der Waals surface area contributed by atoms with Crippen LogP contribution in [-0.2, 0) is 0 Å². The summed E-state index contributed by atoms with van der Waals surface area (Å²) in [6.45, 7) is 4.20. The molecule has 0 spiro atoms. The Morgan fingerprint density at radius 3 is 2.42 bits per heavy atom. The summed E-state index contributed by atoms with van der Waals surface area (Å²) in [5.41, 5.74) is 9.64. The molecule has 0 aliphatic carbocycles. The quantitative estimate of drug-likeness (QED) is 0.845. The predicted octanol–water partition coefficient (Wildman–Crippen LogP) is 4.23. The molecule has 1 nitrogen and oxygen atoms in total. The maximum atomic E-state index is 12.8. The molecule has 1 unspecified atom stereocenters. The number of thioether (sulfide) groups is 1. The maximum Gasteiger partial charge on any atom is 0.123 e. The highest BCUT2D eigenvalue weighted by Crippen LogP contribution is 2.26. The summed E-state index contributed by atoms with van der Waals surface area (Å²) in [5, 5.41) is 0. The van der Waals surface area contributed by atoms with Crippen molar-refractivity contribution in [1.82, 2.24) is 0 Å². The maximum absolute atomic E-state index is 12.8. The molecule has 0 fully saturated rings. The Labute approximate surface area is 118 Å². The summed E-state index contributed by atoms with van der Waals surface area (Å²) in [5.74, 6) is 0.563. The minimum atomic E-state index is -0.224. The van der Waals surface area contributed by atoms with Crippen molar-refractivity contribution < 1.29 is 4.39 Å². The van der Waals surface area contributed by atoms with Crippen LogP contribution < -0.4 is 5.73 Å². The fourth-order valence-corrected chi connectivity index (χ4v) is 2.95. The van der Waals surface area contributed by atoms with Crippen molar-refractivity contribution in [3.63, 3.8) is 0 Å². The second kappa shape index (κ2) is 6.22. The van der Waals surface area contributed by atoms with E-state index in [1.807, 2.05) is 0 Å². The second-order valence-electron chi connectivity index (χ2n) is 4.74. The molecular weight excluding hydrogens is 257 g/mol. The van der Waals surface area contributed by atoms with Gasteiger partial charge in [-0.2, -0.15) is 0 Å². The van der Waals surface area contributed by atoms with E-state index in [0.717, 1.165) is 11.3 Å². The van der Waals surface area contributed by atoms with Crippen LogP contribution in [0, 0.1) is 19.7 Å². The molecule has 2 N–H and O–H groups in total. The Bertz CT molecular complexity index is 551. The van der Waals surface area contributed by atoms with Gasteiger partial charge in [0.1, 0.15) is 5.82 Å². The SMILES string of the molecule is Cc1ccc(SCC(N)c2ccc(F)cc2)c(C)c1. The van der Waals surface area contributed by atoms with E-state index in [2.05, 4.69) is 32.0 Å². The van der Waals surface area contributed by atoms with E-state index >= 15 is 0 Å². The van der Waals surface area contributed by atoms with Crippen molar-refractivity contribution in [2.24, 2.45) is 5.73 Å². The highest BCUT2D eigenvalue weighted by atomic mass is 32.2. The van der Waals surface area contributed by atoms with Crippen LogP contribution >= 0.6 is 11.8 Å². The molecule has 19 heavy (non-hydrogen) atoms. The largest absolute Gasteiger partial charge is 0.323 e. The van der Waals surface area contributed by atoms with E-state index in [1.54, 1.807) is 23.9 Å². The Hall–Kier alpha value is -1.32. The van der Waals surface area contributed by atoms with Gasteiger partial charge in [0.25, 0.3) is 0 Å². The smallest absolute Gasteiger partial charge is 0.123 e. The lowest BCUT2D eigenvalue weighted by Crippen LogP contribution is -2.12. The van der Waals surface area contributed by atoms with Crippen molar-refractivity contribution in [3.05, 3.63) is 65.0 Å². The van der Waals surface area contributed by atoms with Crippen LogP contribution in [0.3, 0.4) is 0 Å². The Kier molecular flexibility index (Phi) is 4.61. The minimum Gasteiger partial charge on any atom is -0.323 e. The van der Waals surface area contributed by atoms with Gasteiger partial charge in [-0.1, -0.05) is 29.8 Å². The number of benzene rings is 2. The molecule has 0 heterocycles. The van der Waals surface area contributed by atoms with Gasteiger partial charge < -0.3 is 5.73 Å². The van der Waals surface area contributed by atoms with Crippen LogP contribution in [0.4, 0.5) is 4.39 Å². The van der Waals surface area contributed by atoms with Crippen molar-refractivity contribution in [3.8, 4) is 0 Å². The molecule has 0 saturated carbocycles. The summed E-state index contributed by atoms with van der Waals surface area (Å²) in [4.78, 5) is 1.25. The lowest BCUT2D eigenvalue weighted by Gasteiger charge is -2.13. The molecule has 0 aromatic heterocycles. The fraction of sp³-hybridized carbons (Fsp3) is 0.250. The van der Waals surface area contributed by atoms with Crippen LogP contribution in [0.2, 0.25) is 0 Å². The third-order valence-electron chi connectivity index (χ3n) is 3.05. The Morgan fingerprint density at radius 1 is 1.11 bits per heavy atom. The summed E-state index contributed by atoms with van der Waals surface area (Å²) < 4.78 is 12.8. The van der Waals surface area contributed by atoms with Gasteiger partial charge in [0, 0.05) is 16.7 Å². The monoisotopic (exact) mass is 275 g/mol. The van der Waals surface area contributed by atoms with Gasteiger partial charge in [0.15, 0.2) is 0 Å². The average molecular weight is 275 g/mol. The van der Waals surface area contributed by atoms with Crippen LogP contribution in [0.25, 0.3) is 0 Å². The summed E-state index contributed by atoms with van der Waals surface area (Å²) in [7, 11) is 0. The number of aryl methyl sites for hydroxylation is 2.